The molecule has 0 aliphatic carbocycles. The quantitative estimate of drug-likeness (QED) is 0.568. The Kier molecular flexibility index (Phi) is 6.14. The van der Waals surface area contributed by atoms with E-state index in [1.54, 1.807) is 0 Å². The molecule has 0 aromatic heterocycles. The normalized spacial score (nSPS) is 14.1. The monoisotopic (exact) mass is 164 g/mol. The maximum absolute atomic E-state index is 5.67. The third-order valence-electron chi connectivity index (χ3n) is 1.25. The predicted octanol–water partition coefficient (Wildman–Crippen LogP) is 2.82. The number of rotatable bonds is 5. The first-order valence-electron chi connectivity index (χ1n) is 3.92. The summed E-state index contributed by atoms with van der Waals surface area (Å²) in [5, 5.41) is 0. The molecule has 0 N–H and O–H groups in total. The Morgan fingerprint density at radius 3 is 2.30 bits per heavy atom. The van der Waals surface area contributed by atoms with Gasteiger partial charge >= 0.3 is 0 Å². The van der Waals surface area contributed by atoms with Crippen molar-refractivity contribution in [3.05, 3.63) is 0 Å². The molecule has 0 radical (unpaired) electrons. The van der Waals surface area contributed by atoms with Crippen LogP contribution in [0, 0.1) is 0 Å². The summed E-state index contributed by atoms with van der Waals surface area (Å²) in [7, 11) is 0. The molecule has 0 amide bonds. The Morgan fingerprint density at radius 2 is 2.00 bits per heavy atom. The molecule has 1 nitrogen and oxygen atoms in total. The van der Waals surface area contributed by atoms with E-state index in [0.29, 0.717) is 12.0 Å². The Labute approximate surface area is 68.7 Å². The molecule has 0 rings (SSSR count). The molecular weight excluding hydrogens is 148 g/mol. The van der Waals surface area contributed by atoms with Crippen LogP contribution < -0.4 is 0 Å². The molecule has 0 spiro atoms. The maximum Gasteiger partial charge on any atom is 0.0713 e. The Balaban J connectivity index is 3.39. The minimum absolute atomic E-state index is 0.256. The van der Waals surface area contributed by atoms with Crippen LogP contribution in [0.4, 0.5) is 0 Å². The van der Waals surface area contributed by atoms with Crippen molar-refractivity contribution in [2.45, 2.75) is 45.8 Å². The van der Waals surface area contributed by atoms with Gasteiger partial charge in [-0.3, -0.25) is 0 Å². The molecule has 0 aliphatic rings. The van der Waals surface area contributed by atoms with E-state index >= 15 is 0 Å². The fourth-order valence-corrected chi connectivity index (χ4v) is 1.12. The molecule has 0 bridgehead atoms. The van der Waals surface area contributed by atoms with E-state index in [2.05, 4.69) is 6.92 Å². The largest absolute Gasteiger partial charge is 0.374 e. The second-order valence-electron chi connectivity index (χ2n) is 2.75. The summed E-state index contributed by atoms with van der Waals surface area (Å²) in [4.78, 5) is 0. The van der Waals surface area contributed by atoms with Crippen LogP contribution in [0.15, 0.2) is 0 Å². The zero-order valence-electron chi connectivity index (χ0n) is 7.06. The van der Waals surface area contributed by atoms with Crippen molar-refractivity contribution in [1.82, 2.24) is 0 Å². The highest BCUT2D eigenvalue weighted by Crippen LogP contribution is 2.06. The minimum atomic E-state index is 0.256. The minimum Gasteiger partial charge on any atom is -0.374 e. The van der Waals surface area contributed by atoms with Gasteiger partial charge in [-0.15, -0.1) is 11.6 Å². The van der Waals surface area contributed by atoms with Gasteiger partial charge in [0.15, 0.2) is 0 Å². The average Bonchev–Trinajstić information content (AvgIpc) is 1.86. The fourth-order valence-electron chi connectivity index (χ4n) is 0.888. The predicted molar refractivity (Wildman–Crippen MR) is 45.6 cm³/mol. The summed E-state index contributed by atoms with van der Waals surface area (Å²) in [6.07, 6.45) is 2.77. The van der Waals surface area contributed by atoms with Crippen LogP contribution in [0.3, 0.4) is 0 Å². The third kappa shape index (κ3) is 5.07. The number of hydrogen-bond acceptors (Lipinski definition) is 1. The van der Waals surface area contributed by atoms with Crippen LogP contribution in [-0.4, -0.2) is 18.1 Å². The molecule has 0 aromatic carbocycles. The molecule has 0 saturated carbocycles. The second-order valence-corrected chi connectivity index (χ2v) is 3.06. The maximum atomic E-state index is 5.67. The number of alkyl halides is 1. The van der Waals surface area contributed by atoms with Gasteiger partial charge in [-0.2, -0.15) is 0 Å². The smallest absolute Gasteiger partial charge is 0.0713 e. The van der Waals surface area contributed by atoms with E-state index in [-0.39, 0.29) is 6.10 Å². The van der Waals surface area contributed by atoms with E-state index in [0.717, 1.165) is 12.8 Å². The van der Waals surface area contributed by atoms with Crippen LogP contribution >= 0.6 is 11.6 Å². The van der Waals surface area contributed by atoms with Crippen molar-refractivity contribution in [3.63, 3.8) is 0 Å². The lowest BCUT2D eigenvalue weighted by Gasteiger charge is -2.16. The van der Waals surface area contributed by atoms with Gasteiger partial charge < -0.3 is 4.74 Å². The molecule has 10 heavy (non-hydrogen) atoms. The first-order chi connectivity index (χ1) is 4.70. The summed E-state index contributed by atoms with van der Waals surface area (Å²) in [5.41, 5.74) is 0. The lowest BCUT2D eigenvalue weighted by Crippen LogP contribution is -2.18. The molecule has 0 fully saturated rings. The molecule has 0 heterocycles. The van der Waals surface area contributed by atoms with Gasteiger partial charge in [0, 0.05) is 5.88 Å². The Hall–Kier alpha value is 0.250. The lowest BCUT2D eigenvalue weighted by atomic mass is 10.2. The van der Waals surface area contributed by atoms with E-state index in [1.165, 1.54) is 0 Å². The molecule has 1 atom stereocenters. The van der Waals surface area contributed by atoms with Gasteiger partial charge in [0.1, 0.15) is 0 Å². The highest BCUT2D eigenvalue weighted by molar-refractivity contribution is 6.18. The molecule has 0 aromatic rings. The van der Waals surface area contributed by atoms with Crippen LogP contribution in [-0.2, 0) is 4.74 Å². The third-order valence-corrected chi connectivity index (χ3v) is 1.59. The number of ether oxygens (including phenoxy) is 1. The Morgan fingerprint density at radius 1 is 1.40 bits per heavy atom. The standard InChI is InChI=1S/C8H17ClO/c1-4-5-8(6-9)10-7(2)3/h7-8H,4-6H2,1-3H3. The zero-order valence-corrected chi connectivity index (χ0v) is 7.82. The summed E-state index contributed by atoms with van der Waals surface area (Å²) >= 11 is 5.67. The Bertz CT molecular complexity index is 73.7. The summed E-state index contributed by atoms with van der Waals surface area (Å²) in [5.74, 6) is 0.617. The first kappa shape index (κ1) is 10.2. The van der Waals surface area contributed by atoms with Gasteiger partial charge in [0.05, 0.1) is 12.2 Å². The van der Waals surface area contributed by atoms with Crippen molar-refractivity contribution in [2.75, 3.05) is 5.88 Å². The van der Waals surface area contributed by atoms with Crippen LogP contribution in [0.25, 0.3) is 0 Å². The van der Waals surface area contributed by atoms with Crippen molar-refractivity contribution in [2.24, 2.45) is 0 Å². The molecule has 2 heteroatoms. The van der Waals surface area contributed by atoms with E-state index in [4.69, 9.17) is 16.3 Å². The van der Waals surface area contributed by atoms with Crippen LogP contribution in [0.5, 0.6) is 0 Å². The van der Waals surface area contributed by atoms with Gasteiger partial charge in [-0.25, -0.2) is 0 Å². The van der Waals surface area contributed by atoms with Crippen molar-refractivity contribution in [1.29, 1.82) is 0 Å². The molecular formula is C8H17ClO. The van der Waals surface area contributed by atoms with Gasteiger partial charge in [-0.05, 0) is 20.3 Å². The number of halogens is 1. The van der Waals surface area contributed by atoms with Crippen molar-refractivity contribution in [3.8, 4) is 0 Å². The first-order valence-corrected chi connectivity index (χ1v) is 4.45. The van der Waals surface area contributed by atoms with Crippen LogP contribution in [0.2, 0.25) is 0 Å². The second kappa shape index (κ2) is 5.99. The van der Waals surface area contributed by atoms with Crippen molar-refractivity contribution >= 4 is 11.6 Å². The lowest BCUT2D eigenvalue weighted by molar-refractivity contribution is 0.0161. The number of hydrogen-bond donors (Lipinski definition) is 0. The highest BCUT2D eigenvalue weighted by atomic mass is 35.5. The summed E-state index contributed by atoms with van der Waals surface area (Å²) in [6.45, 7) is 6.22. The average molecular weight is 165 g/mol. The summed E-state index contributed by atoms with van der Waals surface area (Å²) < 4.78 is 5.51. The molecule has 0 saturated heterocycles. The van der Waals surface area contributed by atoms with E-state index < -0.39 is 0 Å². The van der Waals surface area contributed by atoms with Crippen molar-refractivity contribution < 1.29 is 4.74 Å². The van der Waals surface area contributed by atoms with E-state index in [9.17, 15) is 0 Å². The van der Waals surface area contributed by atoms with E-state index in [1.807, 2.05) is 13.8 Å². The molecule has 1 unspecified atom stereocenters. The fraction of sp³-hybridized carbons (Fsp3) is 1.00. The highest BCUT2D eigenvalue weighted by Gasteiger charge is 2.07. The SMILES string of the molecule is CCCC(CCl)OC(C)C. The topological polar surface area (TPSA) is 9.23 Å². The van der Waals surface area contributed by atoms with Gasteiger partial charge in [-0.1, -0.05) is 13.3 Å². The zero-order chi connectivity index (χ0) is 7.98. The van der Waals surface area contributed by atoms with Gasteiger partial charge in [0.2, 0.25) is 0 Å². The van der Waals surface area contributed by atoms with Crippen LogP contribution in [0.1, 0.15) is 33.6 Å². The summed E-state index contributed by atoms with van der Waals surface area (Å²) in [6, 6.07) is 0. The molecule has 62 valence electrons. The molecule has 0 aliphatic heterocycles. The van der Waals surface area contributed by atoms with Gasteiger partial charge in [0.25, 0.3) is 0 Å².